The summed E-state index contributed by atoms with van der Waals surface area (Å²) in [5.41, 5.74) is 0.937. The Labute approximate surface area is 182 Å². The third-order valence-corrected chi connectivity index (χ3v) is 6.95. The van der Waals surface area contributed by atoms with Gasteiger partial charge < -0.3 is 15.4 Å². The van der Waals surface area contributed by atoms with Crippen LogP contribution in [0.3, 0.4) is 0 Å². The summed E-state index contributed by atoms with van der Waals surface area (Å²) in [6.45, 7) is 0.508. The van der Waals surface area contributed by atoms with Crippen molar-refractivity contribution >= 4 is 21.7 Å². The monoisotopic (exact) mass is 445 g/mol. The van der Waals surface area contributed by atoms with Gasteiger partial charge in [0.05, 0.1) is 22.9 Å². The predicted octanol–water partition coefficient (Wildman–Crippen LogP) is 1.01. The summed E-state index contributed by atoms with van der Waals surface area (Å²) < 4.78 is 32.0. The van der Waals surface area contributed by atoms with Crippen LogP contribution in [-0.4, -0.2) is 65.0 Å². The zero-order valence-corrected chi connectivity index (χ0v) is 18.4. The van der Waals surface area contributed by atoms with Crippen LogP contribution in [-0.2, 0) is 25.8 Å². The molecule has 166 valence electrons. The van der Waals surface area contributed by atoms with Crippen LogP contribution in [0.5, 0.6) is 5.75 Å². The number of nitrogens with one attached hydrogen (secondary N) is 2. The maximum atomic E-state index is 12.9. The minimum Gasteiger partial charge on any atom is -0.489 e. The van der Waals surface area contributed by atoms with E-state index in [-0.39, 0.29) is 40.8 Å². The minimum atomic E-state index is -3.65. The number of rotatable bonds is 8. The lowest BCUT2D eigenvalue weighted by Crippen LogP contribution is -2.46. The molecule has 31 heavy (non-hydrogen) atoms. The first-order valence-corrected chi connectivity index (χ1v) is 11.5. The fourth-order valence-electron chi connectivity index (χ4n) is 3.47. The highest BCUT2D eigenvalue weighted by Crippen LogP contribution is 2.32. The van der Waals surface area contributed by atoms with Crippen molar-refractivity contribution in [1.82, 2.24) is 15.5 Å². The number of fused-ring (bicyclic) bond motifs is 1. The molecule has 0 bridgehead atoms. The summed E-state index contributed by atoms with van der Waals surface area (Å²) in [6, 6.07) is 13.2. The minimum absolute atomic E-state index is 0.0685. The van der Waals surface area contributed by atoms with Gasteiger partial charge in [0, 0.05) is 20.6 Å². The number of amides is 2. The van der Waals surface area contributed by atoms with Gasteiger partial charge in [0.15, 0.2) is 0 Å². The van der Waals surface area contributed by atoms with E-state index in [9.17, 15) is 18.0 Å². The Morgan fingerprint density at radius 3 is 2.26 bits per heavy atom. The molecule has 0 aliphatic carbocycles. The van der Waals surface area contributed by atoms with Crippen molar-refractivity contribution in [3.63, 3.8) is 0 Å². The molecule has 9 heteroatoms. The molecule has 3 rings (SSSR count). The molecule has 1 atom stereocenters. The van der Waals surface area contributed by atoms with E-state index in [2.05, 4.69) is 10.6 Å². The van der Waals surface area contributed by atoms with E-state index in [0.717, 1.165) is 12.0 Å². The highest BCUT2D eigenvalue weighted by Gasteiger charge is 2.26. The summed E-state index contributed by atoms with van der Waals surface area (Å²) in [5.74, 6) is 0.126. The van der Waals surface area contributed by atoms with Crippen LogP contribution >= 0.6 is 0 Å². The summed E-state index contributed by atoms with van der Waals surface area (Å²) in [7, 11) is -0.560. The van der Waals surface area contributed by atoms with Crippen molar-refractivity contribution in [2.75, 3.05) is 33.7 Å². The van der Waals surface area contributed by atoms with E-state index >= 15 is 0 Å². The standard InChI is InChI=1S/C22H27N3O5S/c1-23-21(26)14-25(15-22(27)24-2)13-17-10-8-16-9-11-19(12-20(16)30-17)31(28,29)18-6-4-3-5-7-18/h3-7,9,11-12,17H,8,10,13-15H2,1-2H3,(H,23,26)(H,24,27). The number of carbonyl (C=O) groups excluding carboxylic acids is 2. The first-order valence-electron chi connectivity index (χ1n) is 10.1. The molecule has 0 saturated carbocycles. The van der Waals surface area contributed by atoms with Crippen LogP contribution in [0.25, 0.3) is 0 Å². The van der Waals surface area contributed by atoms with Gasteiger partial charge in [0.1, 0.15) is 11.9 Å². The molecule has 2 amide bonds. The smallest absolute Gasteiger partial charge is 0.233 e. The van der Waals surface area contributed by atoms with Crippen molar-refractivity contribution in [3.05, 3.63) is 54.1 Å². The molecule has 2 aromatic rings. The van der Waals surface area contributed by atoms with Crippen LogP contribution in [0.2, 0.25) is 0 Å². The van der Waals surface area contributed by atoms with Crippen molar-refractivity contribution in [2.24, 2.45) is 0 Å². The molecule has 0 fully saturated rings. The van der Waals surface area contributed by atoms with Gasteiger partial charge in [-0.2, -0.15) is 0 Å². The third kappa shape index (κ3) is 5.62. The van der Waals surface area contributed by atoms with Crippen molar-refractivity contribution in [3.8, 4) is 5.75 Å². The topological polar surface area (TPSA) is 105 Å². The molecule has 0 saturated heterocycles. The van der Waals surface area contributed by atoms with Crippen LogP contribution in [0.4, 0.5) is 0 Å². The van der Waals surface area contributed by atoms with Gasteiger partial charge in [-0.1, -0.05) is 24.3 Å². The molecule has 8 nitrogen and oxygen atoms in total. The summed E-state index contributed by atoms with van der Waals surface area (Å²) in [4.78, 5) is 25.8. The fraction of sp³-hybridized carbons (Fsp3) is 0.364. The fourth-order valence-corrected chi connectivity index (χ4v) is 4.77. The highest BCUT2D eigenvalue weighted by atomic mass is 32.2. The van der Waals surface area contributed by atoms with E-state index in [0.29, 0.717) is 18.7 Å². The van der Waals surface area contributed by atoms with Crippen molar-refractivity contribution in [1.29, 1.82) is 0 Å². The van der Waals surface area contributed by atoms with E-state index in [1.54, 1.807) is 67.5 Å². The Balaban J connectivity index is 1.78. The quantitative estimate of drug-likeness (QED) is 0.628. The Kier molecular flexibility index (Phi) is 7.29. The number of sulfone groups is 1. The van der Waals surface area contributed by atoms with Gasteiger partial charge in [-0.25, -0.2) is 8.42 Å². The number of benzene rings is 2. The number of nitrogens with zero attached hydrogens (tertiary/aromatic N) is 1. The molecule has 1 heterocycles. The summed E-state index contributed by atoms with van der Waals surface area (Å²) >= 11 is 0. The largest absolute Gasteiger partial charge is 0.489 e. The zero-order valence-electron chi connectivity index (χ0n) is 17.6. The molecule has 1 aliphatic rings. The van der Waals surface area contributed by atoms with Crippen molar-refractivity contribution in [2.45, 2.75) is 28.7 Å². The van der Waals surface area contributed by atoms with Gasteiger partial charge in [-0.3, -0.25) is 14.5 Å². The second kappa shape index (κ2) is 9.93. The van der Waals surface area contributed by atoms with E-state index < -0.39 is 9.84 Å². The maximum Gasteiger partial charge on any atom is 0.233 e. The molecule has 2 N–H and O–H groups in total. The number of hydrogen-bond donors (Lipinski definition) is 2. The maximum absolute atomic E-state index is 12.9. The van der Waals surface area contributed by atoms with E-state index in [4.69, 9.17) is 4.74 Å². The van der Waals surface area contributed by atoms with E-state index in [1.165, 1.54) is 0 Å². The lowest BCUT2D eigenvalue weighted by atomic mass is 10.0. The van der Waals surface area contributed by atoms with Crippen LogP contribution in [0.15, 0.2) is 58.3 Å². The molecule has 0 spiro atoms. The van der Waals surface area contributed by atoms with Gasteiger partial charge >= 0.3 is 0 Å². The lowest BCUT2D eigenvalue weighted by Gasteiger charge is -2.31. The predicted molar refractivity (Wildman–Crippen MR) is 116 cm³/mol. The average Bonchev–Trinajstić information content (AvgIpc) is 2.78. The Morgan fingerprint density at radius 1 is 1.00 bits per heavy atom. The second-order valence-electron chi connectivity index (χ2n) is 7.38. The third-order valence-electron chi connectivity index (χ3n) is 5.19. The normalized spacial score (nSPS) is 15.6. The molecule has 0 radical (unpaired) electrons. The zero-order chi connectivity index (χ0) is 22.4. The average molecular weight is 446 g/mol. The molecule has 2 aromatic carbocycles. The molecular formula is C22H27N3O5S. The highest BCUT2D eigenvalue weighted by molar-refractivity contribution is 7.91. The van der Waals surface area contributed by atoms with Crippen LogP contribution in [0.1, 0.15) is 12.0 Å². The van der Waals surface area contributed by atoms with Crippen molar-refractivity contribution < 1.29 is 22.7 Å². The molecule has 0 aromatic heterocycles. The summed E-state index contributed by atoms with van der Waals surface area (Å²) in [5, 5.41) is 5.12. The number of carbonyl (C=O) groups is 2. The molecule has 1 unspecified atom stereocenters. The summed E-state index contributed by atoms with van der Waals surface area (Å²) in [6.07, 6.45) is 1.16. The van der Waals surface area contributed by atoms with Crippen LogP contribution < -0.4 is 15.4 Å². The van der Waals surface area contributed by atoms with Gasteiger partial charge in [-0.05, 0) is 42.7 Å². The second-order valence-corrected chi connectivity index (χ2v) is 9.33. The number of ether oxygens (including phenoxy) is 1. The molecule has 1 aliphatic heterocycles. The van der Waals surface area contributed by atoms with Gasteiger partial charge in [0.25, 0.3) is 0 Å². The Morgan fingerprint density at radius 2 is 1.65 bits per heavy atom. The number of aryl methyl sites for hydroxylation is 1. The van der Waals surface area contributed by atoms with Crippen LogP contribution in [0, 0.1) is 0 Å². The Bertz CT molecular complexity index is 1020. The first kappa shape index (κ1) is 22.8. The Hall–Kier alpha value is -2.91. The first-order chi connectivity index (χ1) is 14.8. The van der Waals surface area contributed by atoms with Gasteiger partial charge in [-0.15, -0.1) is 0 Å². The number of hydrogen-bond acceptors (Lipinski definition) is 6. The SMILES string of the molecule is CNC(=O)CN(CC(=O)NC)CC1CCc2ccc(S(=O)(=O)c3ccccc3)cc2O1. The van der Waals surface area contributed by atoms with Gasteiger partial charge in [0.2, 0.25) is 21.7 Å². The van der Waals surface area contributed by atoms with E-state index in [1.807, 2.05) is 0 Å². The number of likely N-dealkylation sites (N-methyl/N-ethyl adjacent to an activating group) is 2. The molecular weight excluding hydrogens is 418 g/mol. The lowest BCUT2D eigenvalue weighted by molar-refractivity contribution is -0.125.